The van der Waals surface area contributed by atoms with Crippen LogP contribution in [0.3, 0.4) is 0 Å². The molecule has 0 spiro atoms. The van der Waals surface area contributed by atoms with Crippen LogP contribution < -0.4 is 4.74 Å². The summed E-state index contributed by atoms with van der Waals surface area (Å²) in [6.07, 6.45) is 5.96. The first-order chi connectivity index (χ1) is 7.25. The Kier molecular flexibility index (Phi) is 3.16. The zero-order chi connectivity index (χ0) is 10.7. The van der Waals surface area contributed by atoms with Gasteiger partial charge < -0.3 is 9.64 Å². The van der Waals surface area contributed by atoms with Crippen LogP contribution in [0.15, 0.2) is 12.4 Å². The minimum absolute atomic E-state index is 0.548. The van der Waals surface area contributed by atoms with Gasteiger partial charge in [0, 0.05) is 6.04 Å². The molecule has 0 aliphatic carbocycles. The predicted octanol–water partition coefficient (Wildman–Crippen LogP) is 1.26. The second-order valence-electron chi connectivity index (χ2n) is 4.05. The van der Waals surface area contributed by atoms with E-state index in [9.17, 15) is 0 Å². The van der Waals surface area contributed by atoms with Crippen molar-refractivity contribution >= 4 is 0 Å². The van der Waals surface area contributed by atoms with E-state index in [-0.39, 0.29) is 0 Å². The fourth-order valence-electron chi connectivity index (χ4n) is 1.84. The first-order valence-electron chi connectivity index (χ1n) is 5.37. The normalized spacial score (nSPS) is 21.9. The number of ether oxygens (including phenoxy) is 1. The van der Waals surface area contributed by atoms with Crippen molar-refractivity contribution in [3.8, 4) is 5.75 Å². The molecule has 1 aromatic heterocycles. The maximum Gasteiger partial charge on any atom is 0.155 e. The van der Waals surface area contributed by atoms with Gasteiger partial charge in [-0.2, -0.15) is 0 Å². The van der Waals surface area contributed by atoms with Gasteiger partial charge in [0.2, 0.25) is 0 Å². The van der Waals surface area contributed by atoms with Crippen LogP contribution in [0.2, 0.25) is 0 Å². The molecule has 0 bridgehead atoms. The number of nitrogens with zero attached hydrogens (tertiary/aromatic N) is 3. The Balaban J connectivity index is 1.85. The molecule has 2 heterocycles. The highest BCUT2D eigenvalue weighted by molar-refractivity contribution is 5.12. The lowest BCUT2D eigenvalue weighted by Gasteiger charge is -2.19. The van der Waals surface area contributed by atoms with E-state index in [4.69, 9.17) is 4.74 Å². The summed E-state index contributed by atoms with van der Waals surface area (Å²) in [5.74, 6) is 1.54. The summed E-state index contributed by atoms with van der Waals surface area (Å²) in [6.45, 7) is 3.79. The SMILES string of the molecule is Cc1ncc(OC[C@H]2CCCN2C)cn1. The second kappa shape index (κ2) is 4.57. The Hall–Kier alpha value is -1.16. The molecule has 1 saturated heterocycles. The average Bonchev–Trinajstić information content (AvgIpc) is 2.63. The van der Waals surface area contributed by atoms with Crippen molar-refractivity contribution < 1.29 is 4.74 Å². The second-order valence-corrected chi connectivity index (χ2v) is 4.05. The zero-order valence-corrected chi connectivity index (χ0v) is 9.31. The van der Waals surface area contributed by atoms with Crippen LogP contribution in [0.4, 0.5) is 0 Å². The molecule has 2 rings (SSSR count). The van der Waals surface area contributed by atoms with E-state index in [1.54, 1.807) is 12.4 Å². The number of hydrogen-bond acceptors (Lipinski definition) is 4. The topological polar surface area (TPSA) is 38.2 Å². The molecule has 82 valence electrons. The zero-order valence-electron chi connectivity index (χ0n) is 9.31. The minimum atomic E-state index is 0.548. The van der Waals surface area contributed by atoms with Crippen LogP contribution in [-0.2, 0) is 0 Å². The first-order valence-corrected chi connectivity index (χ1v) is 5.37. The van der Waals surface area contributed by atoms with Gasteiger partial charge >= 0.3 is 0 Å². The van der Waals surface area contributed by atoms with Crippen molar-refractivity contribution in [3.05, 3.63) is 18.2 Å². The van der Waals surface area contributed by atoms with Gasteiger partial charge in [-0.15, -0.1) is 0 Å². The van der Waals surface area contributed by atoms with Crippen molar-refractivity contribution in [2.24, 2.45) is 0 Å². The van der Waals surface area contributed by atoms with E-state index in [0.29, 0.717) is 6.04 Å². The van der Waals surface area contributed by atoms with Crippen molar-refractivity contribution in [3.63, 3.8) is 0 Å². The molecule has 1 aromatic rings. The first kappa shape index (κ1) is 10.4. The molecule has 0 N–H and O–H groups in total. The fourth-order valence-corrected chi connectivity index (χ4v) is 1.84. The Labute approximate surface area is 90.3 Å². The predicted molar refractivity (Wildman–Crippen MR) is 57.9 cm³/mol. The van der Waals surface area contributed by atoms with E-state index in [1.807, 2.05) is 6.92 Å². The average molecular weight is 207 g/mol. The molecule has 0 saturated carbocycles. The molecule has 15 heavy (non-hydrogen) atoms. The van der Waals surface area contributed by atoms with Crippen LogP contribution >= 0.6 is 0 Å². The van der Waals surface area contributed by atoms with Gasteiger partial charge in [0.15, 0.2) is 5.75 Å². The molecule has 4 nitrogen and oxygen atoms in total. The molecular formula is C11H17N3O. The van der Waals surface area contributed by atoms with Crippen molar-refractivity contribution in [1.29, 1.82) is 0 Å². The standard InChI is InChI=1S/C11H17N3O/c1-9-12-6-11(7-13-9)15-8-10-4-3-5-14(10)2/h6-7,10H,3-5,8H2,1-2H3/t10-/m1/s1. The molecule has 4 heteroatoms. The van der Waals surface area contributed by atoms with Gasteiger partial charge in [-0.05, 0) is 33.4 Å². The van der Waals surface area contributed by atoms with Crippen molar-refractivity contribution in [2.75, 3.05) is 20.2 Å². The van der Waals surface area contributed by atoms with Gasteiger partial charge in [0.25, 0.3) is 0 Å². The molecule has 0 unspecified atom stereocenters. The summed E-state index contributed by atoms with van der Waals surface area (Å²) in [5.41, 5.74) is 0. The van der Waals surface area contributed by atoms with E-state index in [1.165, 1.54) is 19.4 Å². The van der Waals surface area contributed by atoms with E-state index in [0.717, 1.165) is 18.2 Å². The summed E-state index contributed by atoms with van der Waals surface area (Å²) in [6, 6.07) is 0.548. The summed E-state index contributed by atoms with van der Waals surface area (Å²) >= 11 is 0. The van der Waals surface area contributed by atoms with Crippen LogP contribution in [-0.4, -0.2) is 41.1 Å². The lowest BCUT2D eigenvalue weighted by Crippen LogP contribution is -2.30. The minimum Gasteiger partial charge on any atom is -0.489 e. The molecule has 1 aliphatic heterocycles. The third-order valence-corrected chi connectivity index (χ3v) is 2.87. The largest absolute Gasteiger partial charge is 0.489 e. The molecule has 0 aromatic carbocycles. The molecule has 1 atom stereocenters. The van der Waals surface area contributed by atoms with Gasteiger partial charge in [-0.3, -0.25) is 0 Å². The Bertz CT molecular complexity index is 312. The lowest BCUT2D eigenvalue weighted by atomic mass is 10.2. The van der Waals surface area contributed by atoms with Crippen molar-refractivity contribution in [1.82, 2.24) is 14.9 Å². The smallest absolute Gasteiger partial charge is 0.155 e. The molecule has 1 aliphatic rings. The maximum absolute atomic E-state index is 5.65. The number of likely N-dealkylation sites (N-methyl/N-ethyl adjacent to an activating group) is 1. The Morgan fingerprint density at radius 2 is 2.20 bits per heavy atom. The Morgan fingerprint density at radius 1 is 1.47 bits per heavy atom. The van der Waals surface area contributed by atoms with Gasteiger partial charge in [-0.1, -0.05) is 0 Å². The quantitative estimate of drug-likeness (QED) is 0.748. The lowest BCUT2D eigenvalue weighted by molar-refractivity contribution is 0.197. The molecule has 0 amide bonds. The maximum atomic E-state index is 5.65. The summed E-state index contributed by atoms with van der Waals surface area (Å²) in [5, 5.41) is 0. The number of rotatable bonds is 3. The number of hydrogen-bond donors (Lipinski definition) is 0. The van der Waals surface area contributed by atoms with Gasteiger partial charge in [0.1, 0.15) is 12.4 Å². The Morgan fingerprint density at radius 3 is 2.80 bits per heavy atom. The molecular weight excluding hydrogens is 190 g/mol. The van der Waals surface area contributed by atoms with E-state index < -0.39 is 0 Å². The van der Waals surface area contributed by atoms with E-state index in [2.05, 4.69) is 21.9 Å². The summed E-state index contributed by atoms with van der Waals surface area (Å²) in [4.78, 5) is 10.5. The van der Waals surface area contributed by atoms with Crippen LogP contribution in [0.1, 0.15) is 18.7 Å². The van der Waals surface area contributed by atoms with Crippen molar-refractivity contribution in [2.45, 2.75) is 25.8 Å². The third kappa shape index (κ3) is 2.65. The molecule has 0 radical (unpaired) electrons. The number of aromatic nitrogens is 2. The number of aryl methyl sites for hydroxylation is 1. The van der Waals surface area contributed by atoms with E-state index >= 15 is 0 Å². The summed E-state index contributed by atoms with van der Waals surface area (Å²) < 4.78 is 5.65. The van der Waals surface area contributed by atoms with Crippen LogP contribution in [0.5, 0.6) is 5.75 Å². The highest BCUT2D eigenvalue weighted by Crippen LogP contribution is 2.16. The van der Waals surface area contributed by atoms with Gasteiger partial charge in [-0.25, -0.2) is 9.97 Å². The highest BCUT2D eigenvalue weighted by atomic mass is 16.5. The molecule has 1 fully saturated rings. The third-order valence-electron chi connectivity index (χ3n) is 2.87. The van der Waals surface area contributed by atoms with Gasteiger partial charge in [0.05, 0.1) is 12.4 Å². The highest BCUT2D eigenvalue weighted by Gasteiger charge is 2.21. The summed E-state index contributed by atoms with van der Waals surface area (Å²) in [7, 11) is 2.15. The van der Waals surface area contributed by atoms with Crippen LogP contribution in [0.25, 0.3) is 0 Å². The fraction of sp³-hybridized carbons (Fsp3) is 0.636. The monoisotopic (exact) mass is 207 g/mol. The number of likely N-dealkylation sites (tertiary alicyclic amines) is 1. The van der Waals surface area contributed by atoms with Crippen LogP contribution in [0, 0.1) is 6.92 Å².